The molecule has 0 radical (unpaired) electrons. The number of likely N-dealkylation sites (tertiary alicyclic amines) is 2. The summed E-state index contributed by atoms with van der Waals surface area (Å²) < 4.78 is 17.1. The number of carbonyl (C=O) groups is 7. The lowest BCUT2D eigenvalue weighted by Gasteiger charge is -2.42. The Bertz CT molecular complexity index is 1830. The molecule has 16 heteroatoms. The zero-order chi connectivity index (χ0) is 48.7. The van der Waals surface area contributed by atoms with Crippen molar-refractivity contribution >= 4 is 41.4 Å². The highest BCUT2D eigenvalue weighted by Crippen LogP contribution is 2.32. The Labute approximate surface area is 392 Å². The van der Waals surface area contributed by atoms with Crippen molar-refractivity contribution in [3.8, 4) is 0 Å². The number of nitrogens with one attached hydrogen (secondary N) is 2. The van der Waals surface area contributed by atoms with Crippen molar-refractivity contribution < 1.29 is 47.8 Å². The van der Waals surface area contributed by atoms with Crippen LogP contribution in [0.3, 0.4) is 0 Å². The summed E-state index contributed by atoms with van der Waals surface area (Å²) in [5.41, 5.74) is 0.381. The monoisotopic (exact) mass is 923 g/mol. The summed E-state index contributed by atoms with van der Waals surface area (Å²) in [6, 6.07) is 7.06. The van der Waals surface area contributed by atoms with E-state index in [0.717, 1.165) is 31.2 Å². The molecule has 0 aliphatic carbocycles. The molecule has 3 aliphatic heterocycles. The Morgan fingerprint density at radius 1 is 0.894 bits per heavy atom. The van der Waals surface area contributed by atoms with Crippen LogP contribution < -0.4 is 10.6 Å². The van der Waals surface area contributed by atoms with Crippen LogP contribution in [0.15, 0.2) is 42.5 Å². The summed E-state index contributed by atoms with van der Waals surface area (Å²) >= 11 is 0. The number of amides is 6. The number of nitrogens with zero attached hydrogens (tertiary/aromatic N) is 4. The van der Waals surface area contributed by atoms with Gasteiger partial charge in [0.2, 0.25) is 23.6 Å². The maximum absolute atomic E-state index is 14.6. The molecule has 0 saturated carbocycles. The van der Waals surface area contributed by atoms with Crippen molar-refractivity contribution in [3.63, 3.8) is 0 Å². The fourth-order valence-electron chi connectivity index (χ4n) is 10.1. The van der Waals surface area contributed by atoms with E-state index in [1.807, 2.05) is 49.1 Å². The lowest BCUT2D eigenvalue weighted by molar-refractivity contribution is -0.148. The van der Waals surface area contributed by atoms with Gasteiger partial charge in [-0.1, -0.05) is 77.8 Å². The molecular formula is C50H78N6O10. The maximum atomic E-state index is 14.6. The van der Waals surface area contributed by atoms with Gasteiger partial charge in [0.15, 0.2) is 0 Å². The highest BCUT2D eigenvalue weighted by atomic mass is 16.5. The average molecular weight is 923 g/mol. The molecule has 16 nitrogen and oxygen atoms in total. The third-order valence-electron chi connectivity index (χ3n) is 14.2. The minimum absolute atomic E-state index is 0.0127. The van der Waals surface area contributed by atoms with E-state index in [4.69, 9.17) is 14.2 Å². The lowest BCUT2D eigenvalue weighted by Crippen LogP contribution is -2.59. The van der Waals surface area contributed by atoms with E-state index in [1.165, 1.54) is 31.3 Å². The number of likely N-dealkylation sites (N-methyl/N-ethyl adjacent to an activating group) is 1. The van der Waals surface area contributed by atoms with E-state index in [1.54, 1.807) is 30.9 Å². The zero-order valence-electron chi connectivity index (χ0n) is 41.2. The minimum Gasteiger partial charge on any atom is -0.467 e. The van der Waals surface area contributed by atoms with Crippen molar-refractivity contribution in [1.29, 1.82) is 0 Å². The second-order valence-electron chi connectivity index (χ2n) is 19.1. The van der Waals surface area contributed by atoms with E-state index in [-0.39, 0.29) is 60.1 Å². The topological polar surface area (TPSA) is 184 Å². The lowest BCUT2D eigenvalue weighted by atomic mass is 9.89. The predicted octanol–water partition coefficient (Wildman–Crippen LogP) is 4.29. The first-order chi connectivity index (χ1) is 31.4. The van der Waals surface area contributed by atoms with Gasteiger partial charge in [0, 0.05) is 72.4 Å². The highest BCUT2D eigenvalue weighted by Gasteiger charge is 2.44. The van der Waals surface area contributed by atoms with Crippen LogP contribution in [-0.2, 0) is 54.2 Å². The van der Waals surface area contributed by atoms with Crippen molar-refractivity contribution in [2.45, 2.75) is 154 Å². The zero-order valence-corrected chi connectivity index (χ0v) is 41.2. The molecule has 1 aromatic rings. The minimum atomic E-state index is -0.902. The number of ether oxygens (including phenoxy) is 3. The number of hydrogen-bond acceptors (Lipinski definition) is 11. The summed E-state index contributed by atoms with van der Waals surface area (Å²) in [5, 5.41) is 6.44. The van der Waals surface area contributed by atoms with Crippen LogP contribution >= 0.6 is 0 Å². The molecular weight excluding hydrogens is 845 g/mol. The Hall–Kier alpha value is -4.67. The summed E-state index contributed by atoms with van der Waals surface area (Å²) in [7, 11) is 6.18. The van der Waals surface area contributed by atoms with Gasteiger partial charge in [-0.3, -0.25) is 33.7 Å². The predicted molar refractivity (Wildman–Crippen MR) is 251 cm³/mol. The normalized spacial score (nSPS) is 21.7. The summed E-state index contributed by atoms with van der Waals surface area (Å²) in [5.74, 6) is -2.57. The Morgan fingerprint density at radius 2 is 1.58 bits per heavy atom. The molecule has 4 rings (SSSR count). The molecule has 9 atom stereocenters. The Morgan fingerprint density at radius 3 is 2.18 bits per heavy atom. The van der Waals surface area contributed by atoms with E-state index >= 15 is 0 Å². The summed E-state index contributed by atoms with van der Waals surface area (Å²) in [4.78, 5) is 99.5. The number of carbonyl (C=O) groups excluding carboxylic acids is 7. The first-order valence-corrected chi connectivity index (χ1v) is 24.0. The first kappa shape index (κ1) is 53.9. The maximum Gasteiger partial charge on any atom is 0.328 e. The third-order valence-corrected chi connectivity index (χ3v) is 14.2. The molecule has 2 saturated heterocycles. The van der Waals surface area contributed by atoms with Crippen LogP contribution in [0.25, 0.3) is 0 Å². The Balaban J connectivity index is 1.39. The summed E-state index contributed by atoms with van der Waals surface area (Å²) in [6.45, 7) is 13.8. The highest BCUT2D eigenvalue weighted by molar-refractivity contribution is 6.12. The van der Waals surface area contributed by atoms with Gasteiger partial charge < -0.3 is 39.5 Å². The van der Waals surface area contributed by atoms with Gasteiger partial charge in [-0.05, 0) is 62.8 Å². The van der Waals surface area contributed by atoms with E-state index in [2.05, 4.69) is 31.4 Å². The Kier molecular flexibility index (Phi) is 20.8. The number of unbranched alkanes of at least 4 members (excludes halogenated alkanes) is 2. The smallest absolute Gasteiger partial charge is 0.328 e. The molecule has 1 aromatic carbocycles. The second kappa shape index (κ2) is 25.5. The van der Waals surface area contributed by atoms with Gasteiger partial charge in [0.25, 0.3) is 11.8 Å². The molecule has 3 heterocycles. The summed E-state index contributed by atoms with van der Waals surface area (Å²) in [6.07, 6.45) is 7.65. The van der Waals surface area contributed by atoms with E-state index in [9.17, 15) is 33.6 Å². The van der Waals surface area contributed by atoms with Gasteiger partial charge in [-0.25, -0.2) is 4.79 Å². The van der Waals surface area contributed by atoms with E-state index < -0.39 is 53.8 Å². The third kappa shape index (κ3) is 13.7. The van der Waals surface area contributed by atoms with Crippen molar-refractivity contribution in [1.82, 2.24) is 30.2 Å². The van der Waals surface area contributed by atoms with E-state index in [0.29, 0.717) is 58.3 Å². The second-order valence-corrected chi connectivity index (χ2v) is 19.1. The number of esters is 1. The van der Waals surface area contributed by atoms with Crippen LogP contribution in [0.1, 0.15) is 111 Å². The van der Waals surface area contributed by atoms with Crippen LogP contribution in [-0.4, -0.2) is 157 Å². The average Bonchev–Trinajstić information content (AvgIpc) is 4.03. The van der Waals surface area contributed by atoms with Crippen molar-refractivity contribution in [3.05, 3.63) is 48.0 Å². The first-order valence-electron chi connectivity index (χ1n) is 24.0. The van der Waals surface area contributed by atoms with Gasteiger partial charge in [0.05, 0.1) is 55.3 Å². The van der Waals surface area contributed by atoms with Crippen LogP contribution in [0, 0.1) is 17.8 Å². The number of methoxy groups -OCH3 is 3. The van der Waals surface area contributed by atoms with Crippen molar-refractivity contribution in [2.75, 3.05) is 54.6 Å². The molecule has 0 aromatic heterocycles. The molecule has 66 heavy (non-hydrogen) atoms. The van der Waals surface area contributed by atoms with Crippen LogP contribution in [0.5, 0.6) is 0 Å². The van der Waals surface area contributed by atoms with Crippen molar-refractivity contribution in [2.24, 2.45) is 17.8 Å². The van der Waals surface area contributed by atoms with Gasteiger partial charge in [-0.15, -0.1) is 0 Å². The largest absolute Gasteiger partial charge is 0.467 e. The standard InChI is InChI=1S/C50H78N6O10/c1-11-34(4)45(53(7)48(62)44(33(2)3)51-32-50(6)26-19-29-56(50)42(59)23-16-13-17-27-55-40(57)24-25-41(55)58)39(64-8)31-43(60)54-28-18-22-38(54)46(65-9)35(5)47(61)52-37(49(63)66-10)30-36-20-14-12-15-21-36/h12,14-15,20-21,24-25,33-35,37-39,44-46,51H,11,13,16-19,22-23,26-32H2,1-10H3,(H,52,61)/t34-,35+,37-,38-,39+,44-,45-,46+,50-/m0/s1. The van der Waals surface area contributed by atoms with Crippen LogP contribution in [0.4, 0.5) is 0 Å². The SMILES string of the molecule is CC[C@H](C)[C@@H]([C@@H](CC(=O)N1CCC[C@H]1[C@H](OC)[C@@H](C)C(=O)N[C@@H](Cc1ccccc1)C(=O)OC)OC)N(C)C(=O)[C@@H](NC[C@]1(C)CCCN1C(=O)CCCCCN1C(=O)C=CC1=O)C(C)C. The molecule has 2 N–H and O–H groups in total. The molecule has 6 amide bonds. The molecule has 2 fully saturated rings. The van der Waals surface area contributed by atoms with Gasteiger partial charge in [-0.2, -0.15) is 0 Å². The van der Waals surface area contributed by atoms with Gasteiger partial charge in [0.1, 0.15) is 6.04 Å². The number of rotatable bonds is 26. The molecule has 3 aliphatic rings. The molecule has 0 unspecified atom stereocenters. The molecule has 368 valence electrons. The fourth-order valence-corrected chi connectivity index (χ4v) is 10.1. The van der Waals surface area contributed by atoms with Crippen LogP contribution in [0.2, 0.25) is 0 Å². The van der Waals surface area contributed by atoms with Gasteiger partial charge >= 0.3 is 5.97 Å². The number of imide groups is 1. The quantitative estimate of drug-likeness (QED) is 0.0769. The number of hydrogen-bond donors (Lipinski definition) is 2. The molecule has 0 spiro atoms. The molecule has 0 bridgehead atoms. The number of benzene rings is 1. The fraction of sp³-hybridized carbons (Fsp3) is 0.700.